The minimum absolute atomic E-state index is 0.179. The number of rotatable bonds is 7. The molecule has 0 radical (unpaired) electrons. The third kappa shape index (κ3) is 5.66. The van der Waals surface area contributed by atoms with Crippen LogP contribution in [0.3, 0.4) is 0 Å². The Morgan fingerprint density at radius 2 is 1.57 bits per heavy atom. The zero-order valence-electron chi connectivity index (χ0n) is 13.8. The molecule has 0 heterocycles. The molecule has 0 atom stereocenters. The molecule has 2 amide bonds. The molecule has 2 aromatic rings. The van der Waals surface area contributed by atoms with Gasteiger partial charge < -0.3 is 15.4 Å². The molecular weight excluding hydrogens is 288 g/mol. The van der Waals surface area contributed by atoms with Crippen molar-refractivity contribution in [1.82, 2.24) is 5.32 Å². The molecule has 2 aromatic carbocycles. The topological polar surface area (TPSA) is 50.4 Å². The van der Waals surface area contributed by atoms with Crippen LogP contribution in [0.1, 0.15) is 24.5 Å². The number of benzene rings is 2. The van der Waals surface area contributed by atoms with Gasteiger partial charge in [0.25, 0.3) is 0 Å². The molecule has 0 fully saturated rings. The summed E-state index contributed by atoms with van der Waals surface area (Å²) in [4.78, 5) is 11.9. The number of aryl methyl sites for hydroxylation is 1. The van der Waals surface area contributed by atoms with Crippen molar-refractivity contribution < 1.29 is 9.53 Å². The molecule has 2 rings (SSSR count). The van der Waals surface area contributed by atoms with Gasteiger partial charge in [-0.2, -0.15) is 0 Å². The first-order valence-electron chi connectivity index (χ1n) is 7.98. The van der Waals surface area contributed by atoms with Crippen LogP contribution < -0.4 is 15.4 Å². The highest BCUT2D eigenvalue weighted by Gasteiger charge is 2.02. The lowest BCUT2D eigenvalue weighted by atomic mass is 10.1. The van der Waals surface area contributed by atoms with E-state index in [2.05, 4.69) is 29.7 Å². The monoisotopic (exact) mass is 312 g/mol. The van der Waals surface area contributed by atoms with Crippen molar-refractivity contribution in [2.24, 2.45) is 0 Å². The van der Waals surface area contributed by atoms with Gasteiger partial charge in [-0.25, -0.2) is 4.79 Å². The summed E-state index contributed by atoms with van der Waals surface area (Å²) < 4.78 is 5.12. The Hall–Kier alpha value is -2.49. The number of carbonyl (C=O) groups excluding carboxylic acids is 1. The first kappa shape index (κ1) is 16.9. The van der Waals surface area contributed by atoms with Crippen LogP contribution in [0.15, 0.2) is 48.5 Å². The maximum Gasteiger partial charge on any atom is 0.319 e. The van der Waals surface area contributed by atoms with Gasteiger partial charge in [-0.3, -0.25) is 0 Å². The minimum atomic E-state index is -0.179. The zero-order valence-corrected chi connectivity index (χ0v) is 13.8. The van der Waals surface area contributed by atoms with E-state index in [0.717, 1.165) is 36.3 Å². The van der Waals surface area contributed by atoms with E-state index in [-0.39, 0.29) is 6.03 Å². The predicted octanol–water partition coefficient (Wildman–Crippen LogP) is 4.01. The van der Waals surface area contributed by atoms with Gasteiger partial charge in [-0.05, 0) is 48.2 Å². The lowest BCUT2D eigenvalue weighted by Crippen LogP contribution is -2.30. The molecule has 0 aromatic heterocycles. The number of anilines is 1. The van der Waals surface area contributed by atoms with Crippen LogP contribution in [-0.2, 0) is 12.8 Å². The highest BCUT2D eigenvalue weighted by Crippen LogP contribution is 2.12. The summed E-state index contributed by atoms with van der Waals surface area (Å²) in [6.45, 7) is 2.74. The van der Waals surface area contributed by atoms with Gasteiger partial charge in [-0.15, -0.1) is 0 Å². The highest BCUT2D eigenvalue weighted by molar-refractivity contribution is 5.89. The van der Waals surface area contributed by atoms with Crippen LogP contribution in [0.2, 0.25) is 0 Å². The first-order valence-corrected chi connectivity index (χ1v) is 7.98. The summed E-state index contributed by atoms with van der Waals surface area (Å²) in [5, 5.41) is 5.71. The Morgan fingerprint density at radius 3 is 2.17 bits per heavy atom. The van der Waals surface area contributed by atoms with Crippen LogP contribution in [0.5, 0.6) is 5.75 Å². The number of urea groups is 1. The van der Waals surface area contributed by atoms with E-state index in [1.54, 1.807) is 7.11 Å². The van der Waals surface area contributed by atoms with E-state index in [9.17, 15) is 4.79 Å². The third-order valence-corrected chi connectivity index (χ3v) is 3.61. The summed E-state index contributed by atoms with van der Waals surface area (Å²) >= 11 is 0. The number of ether oxygens (including phenoxy) is 1. The van der Waals surface area contributed by atoms with E-state index in [0.29, 0.717) is 6.54 Å². The second-order valence-electron chi connectivity index (χ2n) is 5.43. The fourth-order valence-corrected chi connectivity index (χ4v) is 2.33. The standard InChI is InChI=1S/C19H24N2O2/c1-3-4-15-5-9-17(10-6-15)21-19(22)20-14-13-16-7-11-18(23-2)12-8-16/h5-12H,3-4,13-14H2,1-2H3,(H2,20,21,22). The van der Waals surface area contributed by atoms with Gasteiger partial charge in [0.15, 0.2) is 0 Å². The summed E-state index contributed by atoms with van der Waals surface area (Å²) in [5.74, 6) is 0.839. The van der Waals surface area contributed by atoms with Crippen molar-refractivity contribution in [3.8, 4) is 5.75 Å². The van der Waals surface area contributed by atoms with Crippen molar-refractivity contribution in [1.29, 1.82) is 0 Å². The van der Waals surface area contributed by atoms with Gasteiger partial charge in [0.2, 0.25) is 0 Å². The van der Waals surface area contributed by atoms with Gasteiger partial charge in [0.1, 0.15) is 5.75 Å². The van der Waals surface area contributed by atoms with E-state index in [1.165, 1.54) is 5.56 Å². The Labute approximate surface area is 137 Å². The second kappa shape index (κ2) is 8.83. The summed E-state index contributed by atoms with van der Waals surface area (Å²) in [5.41, 5.74) is 3.26. The van der Waals surface area contributed by atoms with Crippen LogP contribution in [-0.4, -0.2) is 19.7 Å². The molecule has 4 nitrogen and oxygen atoms in total. The average Bonchev–Trinajstić information content (AvgIpc) is 2.57. The normalized spacial score (nSPS) is 10.2. The highest BCUT2D eigenvalue weighted by atomic mass is 16.5. The third-order valence-electron chi connectivity index (χ3n) is 3.61. The molecule has 0 aliphatic rings. The number of hydrogen-bond acceptors (Lipinski definition) is 2. The van der Waals surface area contributed by atoms with Gasteiger partial charge in [0, 0.05) is 12.2 Å². The van der Waals surface area contributed by atoms with E-state index < -0.39 is 0 Å². The molecule has 0 bridgehead atoms. The van der Waals surface area contributed by atoms with Crippen LogP contribution >= 0.6 is 0 Å². The summed E-state index contributed by atoms with van der Waals surface area (Å²) in [7, 11) is 1.65. The summed E-state index contributed by atoms with van der Waals surface area (Å²) in [6.07, 6.45) is 2.97. The van der Waals surface area contributed by atoms with Crippen molar-refractivity contribution in [2.45, 2.75) is 26.2 Å². The molecular formula is C19H24N2O2. The fraction of sp³-hybridized carbons (Fsp3) is 0.316. The first-order chi connectivity index (χ1) is 11.2. The quantitative estimate of drug-likeness (QED) is 0.811. The molecule has 0 saturated heterocycles. The SMILES string of the molecule is CCCc1ccc(NC(=O)NCCc2ccc(OC)cc2)cc1. The van der Waals surface area contributed by atoms with Crippen molar-refractivity contribution >= 4 is 11.7 Å². The Bertz CT molecular complexity index is 606. The molecule has 2 N–H and O–H groups in total. The van der Waals surface area contributed by atoms with Crippen molar-refractivity contribution in [3.05, 3.63) is 59.7 Å². The van der Waals surface area contributed by atoms with E-state index in [1.807, 2.05) is 36.4 Å². The van der Waals surface area contributed by atoms with Gasteiger partial charge in [-0.1, -0.05) is 37.6 Å². The average molecular weight is 312 g/mol. The Kier molecular flexibility index (Phi) is 6.48. The number of amides is 2. The Morgan fingerprint density at radius 1 is 0.957 bits per heavy atom. The van der Waals surface area contributed by atoms with Crippen molar-refractivity contribution in [2.75, 3.05) is 19.0 Å². The summed E-state index contributed by atoms with van der Waals surface area (Å²) in [6, 6.07) is 15.7. The predicted molar refractivity (Wildman–Crippen MR) is 94.2 cm³/mol. The van der Waals surface area contributed by atoms with Crippen LogP contribution in [0.25, 0.3) is 0 Å². The maximum absolute atomic E-state index is 11.9. The Balaban J connectivity index is 1.73. The molecule has 0 aliphatic heterocycles. The molecule has 23 heavy (non-hydrogen) atoms. The number of methoxy groups -OCH3 is 1. The fourth-order valence-electron chi connectivity index (χ4n) is 2.33. The second-order valence-corrected chi connectivity index (χ2v) is 5.43. The number of nitrogens with one attached hydrogen (secondary N) is 2. The lowest BCUT2D eigenvalue weighted by Gasteiger charge is -2.09. The number of carbonyl (C=O) groups is 1. The minimum Gasteiger partial charge on any atom is -0.497 e. The molecule has 122 valence electrons. The van der Waals surface area contributed by atoms with Gasteiger partial charge >= 0.3 is 6.03 Å². The smallest absolute Gasteiger partial charge is 0.319 e. The van der Waals surface area contributed by atoms with Crippen LogP contribution in [0, 0.1) is 0 Å². The maximum atomic E-state index is 11.9. The molecule has 4 heteroatoms. The molecule has 0 spiro atoms. The molecule has 0 aliphatic carbocycles. The van der Waals surface area contributed by atoms with Gasteiger partial charge in [0.05, 0.1) is 7.11 Å². The van der Waals surface area contributed by atoms with E-state index >= 15 is 0 Å². The largest absolute Gasteiger partial charge is 0.497 e. The number of hydrogen-bond donors (Lipinski definition) is 2. The molecule has 0 unspecified atom stereocenters. The zero-order chi connectivity index (χ0) is 16.5. The molecule has 0 saturated carbocycles. The van der Waals surface area contributed by atoms with Crippen molar-refractivity contribution in [3.63, 3.8) is 0 Å². The van der Waals surface area contributed by atoms with Crippen LogP contribution in [0.4, 0.5) is 10.5 Å². The van der Waals surface area contributed by atoms with E-state index in [4.69, 9.17) is 4.74 Å². The lowest BCUT2D eigenvalue weighted by molar-refractivity contribution is 0.252.